The van der Waals surface area contributed by atoms with Gasteiger partial charge in [0.2, 0.25) is 0 Å². The van der Waals surface area contributed by atoms with E-state index in [1.165, 1.54) is 63.0 Å². The van der Waals surface area contributed by atoms with Gasteiger partial charge in [-0.25, -0.2) is 0 Å². The summed E-state index contributed by atoms with van der Waals surface area (Å²) in [6.07, 6.45) is 8.41. The summed E-state index contributed by atoms with van der Waals surface area (Å²) in [5, 5.41) is 3.18. The molecule has 0 aromatic heterocycles. The van der Waals surface area contributed by atoms with Gasteiger partial charge in [-0.1, -0.05) is 19.3 Å². The van der Waals surface area contributed by atoms with Crippen LogP contribution in [0.1, 0.15) is 55.3 Å². The summed E-state index contributed by atoms with van der Waals surface area (Å²) in [5.41, 5.74) is 0.480. The molecule has 1 aliphatic heterocycles. The number of likely N-dealkylation sites (tertiary alicyclic amines) is 1. The highest BCUT2D eigenvalue weighted by Crippen LogP contribution is 2.27. The highest BCUT2D eigenvalue weighted by molar-refractivity contribution is 5.94. The van der Waals surface area contributed by atoms with Crippen LogP contribution < -0.4 is 10.1 Å². The molecule has 3 rings (SSSR count). The predicted molar refractivity (Wildman–Crippen MR) is 96.6 cm³/mol. The van der Waals surface area contributed by atoms with Crippen LogP contribution in [0.4, 0.5) is 8.78 Å². The third kappa shape index (κ3) is 5.40. The molecule has 1 N–H and O–H groups in total. The molecule has 0 bridgehead atoms. The highest BCUT2D eigenvalue weighted by Gasteiger charge is 2.28. The molecule has 144 valence electrons. The first-order valence-electron chi connectivity index (χ1n) is 9.70. The molecule has 0 radical (unpaired) electrons. The van der Waals surface area contributed by atoms with Gasteiger partial charge in [0, 0.05) is 18.2 Å². The molecular weight excluding hydrogens is 338 g/mol. The zero-order valence-electron chi connectivity index (χ0n) is 15.1. The topological polar surface area (TPSA) is 41.6 Å². The molecule has 2 unspecified atom stereocenters. The molecule has 26 heavy (non-hydrogen) atoms. The standard InChI is InChI=1S/C20H28F2N2O2/c21-20(22)26-17-10-8-15(9-11-17)19(25)23-18-7-3-2-6-16(18)14-24-12-4-1-5-13-24/h8-11,16,18,20H,1-7,12-14H2,(H,23,25). The molecule has 1 heterocycles. The first kappa shape index (κ1) is 19.1. The molecule has 1 aromatic carbocycles. The summed E-state index contributed by atoms with van der Waals surface area (Å²) >= 11 is 0. The van der Waals surface area contributed by atoms with Gasteiger partial charge < -0.3 is 15.0 Å². The molecule has 2 aliphatic rings. The van der Waals surface area contributed by atoms with Gasteiger partial charge in [-0.15, -0.1) is 0 Å². The summed E-state index contributed by atoms with van der Waals surface area (Å²) in [5.74, 6) is 0.425. The van der Waals surface area contributed by atoms with E-state index >= 15 is 0 Å². The van der Waals surface area contributed by atoms with E-state index in [1.807, 2.05) is 0 Å². The number of amides is 1. The van der Waals surface area contributed by atoms with Crippen LogP contribution in [0.5, 0.6) is 5.75 Å². The molecule has 1 amide bonds. The van der Waals surface area contributed by atoms with Crippen molar-refractivity contribution in [3.8, 4) is 5.75 Å². The van der Waals surface area contributed by atoms with Crippen molar-refractivity contribution in [1.82, 2.24) is 10.2 Å². The van der Waals surface area contributed by atoms with E-state index in [9.17, 15) is 13.6 Å². The summed E-state index contributed by atoms with van der Waals surface area (Å²) in [4.78, 5) is 15.1. The van der Waals surface area contributed by atoms with Crippen molar-refractivity contribution in [1.29, 1.82) is 0 Å². The number of carbonyl (C=O) groups excluding carboxylic acids is 1. The van der Waals surface area contributed by atoms with Crippen molar-refractivity contribution < 1.29 is 18.3 Å². The Bertz CT molecular complexity index is 574. The third-order valence-corrected chi connectivity index (χ3v) is 5.51. The molecule has 1 aliphatic carbocycles. The van der Waals surface area contributed by atoms with Gasteiger partial charge in [0.15, 0.2) is 0 Å². The minimum absolute atomic E-state index is 0.0668. The number of hydrogen-bond donors (Lipinski definition) is 1. The van der Waals surface area contributed by atoms with Crippen molar-refractivity contribution in [3.63, 3.8) is 0 Å². The second-order valence-electron chi connectivity index (χ2n) is 7.39. The molecule has 1 aromatic rings. The van der Waals surface area contributed by atoms with Crippen LogP contribution in [0, 0.1) is 5.92 Å². The van der Waals surface area contributed by atoms with Gasteiger partial charge in [0.05, 0.1) is 0 Å². The highest BCUT2D eigenvalue weighted by atomic mass is 19.3. The number of ether oxygens (including phenoxy) is 1. The fourth-order valence-electron chi connectivity index (χ4n) is 4.13. The average molecular weight is 366 g/mol. The number of hydrogen-bond acceptors (Lipinski definition) is 3. The largest absolute Gasteiger partial charge is 0.435 e. The number of piperidine rings is 1. The SMILES string of the molecule is O=C(NC1CCCCC1CN1CCCCC1)c1ccc(OC(F)F)cc1. The van der Waals surface area contributed by atoms with Gasteiger partial charge in [0.25, 0.3) is 5.91 Å². The smallest absolute Gasteiger partial charge is 0.387 e. The van der Waals surface area contributed by atoms with E-state index in [4.69, 9.17) is 0 Å². The van der Waals surface area contributed by atoms with Crippen molar-refractivity contribution >= 4 is 5.91 Å². The minimum Gasteiger partial charge on any atom is -0.435 e. The van der Waals surface area contributed by atoms with Crippen LogP contribution in [0.3, 0.4) is 0 Å². The fraction of sp³-hybridized carbons (Fsp3) is 0.650. The minimum atomic E-state index is -2.85. The lowest BCUT2D eigenvalue weighted by molar-refractivity contribution is -0.0498. The van der Waals surface area contributed by atoms with Crippen LogP contribution in [0.2, 0.25) is 0 Å². The quantitative estimate of drug-likeness (QED) is 0.825. The van der Waals surface area contributed by atoms with Gasteiger partial charge in [-0.3, -0.25) is 4.79 Å². The second kappa shape index (κ2) is 9.31. The van der Waals surface area contributed by atoms with Crippen LogP contribution >= 0.6 is 0 Å². The normalized spacial score (nSPS) is 24.4. The van der Waals surface area contributed by atoms with E-state index < -0.39 is 6.61 Å². The van der Waals surface area contributed by atoms with E-state index in [0.29, 0.717) is 11.5 Å². The van der Waals surface area contributed by atoms with Crippen molar-refractivity contribution in [3.05, 3.63) is 29.8 Å². The monoisotopic (exact) mass is 366 g/mol. The van der Waals surface area contributed by atoms with E-state index in [1.54, 1.807) is 0 Å². The van der Waals surface area contributed by atoms with Crippen molar-refractivity contribution in [2.45, 2.75) is 57.6 Å². The Morgan fingerprint density at radius 1 is 1.08 bits per heavy atom. The zero-order chi connectivity index (χ0) is 18.4. The molecular formula is C20H28F2N2O2. The molecule has 4 nitrogen and oxygen atoms in total. The first-order chi connectivity index (χ1) is 12.6. The fourth-order valence-corrected chi connectivity index (χ4v) is 4.13. The number of alkyl halides is 2. The Morgan fingerprint density at radius 3 is 2.46 bits per heavy atom. The summed E-state index contributed by atoms with van der Waals surface area (Å²) < 4.78 is 28.8. The molecule has 0 spiro atoms. The van der Waals surface area contributed by atoms with Gasteiger partial charge in [-0.2, -0.15) is 8.78 Å². The Morgan fingerprint density at radius 2 is 1.77 bits per heavy atom. The van der Waals surface area contributed by atoms with Gasteiger partial charge in [0.1, 0.15) is 5.75 Å². The number of halogens is 2. The molecule has 6 heteroatoms. The number of carbonyl (C=O) groups is 1. The average Bonchev–Trinajstić information content (AvgIpc) is 2.64. The number of nitrogens with zero attached hydrogens (tertiary/aromatic N) is 1. The van der Waals surface area contributed by atoms with Crippen LogP contribution in [-0.2, 0) is 0 Å². The first-order valence-corrected chi connectivity index (χ1v) is 9.70. The Balaban J connectivity index is 1.57. The lowest BCUT2D eigenvalue weighted by atomic mass is 9.83. The van der Waals surface area contributed by atoms with Crippen LogP contribution in [-0.4, -0.2) is 43.1 Å². The summed E-state index contributed by atoms with van der Waals surface area (Å²) in [6, 6.07) is 6.08. The van der Waals surface area contributed by atoms with Crippen LogP contribution in [0.15, 0.2) is 24.3 Å². The maximum Gasteiger partial charge on any atom is 0.387 e. The second-order valence-corrected chi connectivity index (χ2v) is 7.39. The van der Waals surface area contributed by atoms with E-state index in [-0.39, 0.29) is 17.7 Å². The van der Waals surface area contributed by atoms with Crippen molar-refractivity contribution in [2.75, 3.05) is 19.6 Å². The zero-order valence-corrected chi connectivity index (χ0v) is 15.1. The third-order valence-electron chi connectivity index (χ3n) is 5.51. The molecule has 1 saturated heterocycles. The maximum absolute atomic E-state index is 12.6. The Labute approximate surface area is 153 Å². The molecule has 2 atom stereocenters. The summed E-state index contributed by atoms with van der Waals surface area (Å²) in [7, 11) is 0. The van der Waals surface area contributed by atoms with E-state index in [2.05, 4.69) is 15.0 Å². The number of benzene rings is 1. The molecule has 1 saturated carbocycles. The lowest BCUT2D eigenvalue weighted by Gasteiger charge is -2.37. The predicted octanol–water partition coefficient (Wildman–Crippen LogP) is 4.06. The molecule has 2 fully saturated rings. The number of rotatable bonds is 6. The van der Waals surface area contributed by atoms with E-state index in [0.717, 1.165) is 25.8 Å². The lowest BCUT2D eigenvalue weighted by Crippen LogP contribution is -2.47. The summed E-state index contributed by atoms with van der Waals surface area (Å²) in [6.45, 7) is 0.546. The van der Waals surface area contributed by atoms with Crippen molar-refractivity contribution in [2.24, 2.45) is 5.92 Å². The van der Waals surface area contributed by atoms with Crippen LogP contribution in [0.25, 0.3) is 0 Å². The number of nitrogens with one attached hydrogen (secondary N) is 1. The Kier molecular flexibility index (Phi) is 6.83. The maximum atomic E-state index is 12.6. The van der Waals surface area contributed by atoms with Gasteiger partial charge in [-0.05, 0) is 69.0 Å². The Hall–Kier alpha value is -1.69. The van der Waals surface area contributed by atoms with Gasteiger partial charge >= 0.3 is 6.61 Å².